The van der Waals surface area contributed by atoms with Gasteiger partial charge < -0.3 is 14.8 Å². The molecule has 1 heterocycles. The number of methoxy groups -OCH3 is 1. The molecule has 1 aromatic carbocycles. The summed E-state index contributed by atoms with van der Waals surface area (Å²) in [6.45, 7) is 4.14. The van der Waals surface area contributed by atoms with Crippen LogP contribution in [0.4, 0.5) is 4.39 Å². The van der Waals surface area contributed by atoms with Gasteiger partial charge in [-0.3, -0.25) is 0 Å². The first-order valence-corrected chi connectivity index (χ1v) is 6.45. The van der Waals surface area contributed by atoms with Crippen LogP contribution in [0.1, 0.15) is 19.8 Å². The maximum Gasteiger partial charge on any atom is 0.163 e. The molecule has 0 spiro atoms. The Hall–Kier alpha value is -1.29. The van der Waals surface area contributed by atoms with Gasteiger partial charge in [0.2, 0.25) is 0 Å². The molecule has 100 valence electrons. The van der Waals surface area contributed by atoms with Gasteiger partial charge in [0.1, 0.15) is 11.9 Å². The summed E-state index contributed by atoms with van der Waals surface area (Å²) < 4.78 is 24.3. The third kappa shape index (κ3) is 2.93. The van der Waals surface area contributed by atoms with E-state index in [0.29, 0.717) is 17.4 Å². The summed E-state index contributed by atoms with van der Waals surface area (Å²) in [5, 5.41) is 3.34. The summed E-state index contributed by atoms with van der Waals surface area (Å²) in [7, 11) is 1.53. The fourth-order valence-corrected chi connectivity index (χ4v) is 2.41. The predicted octanol–water partition coefficient (Wildman–Crippen LogP) is 2.60. The SMILES string of the molecule is CC[C@H](Oc1ccc(F)cc1OC)[C@H]1CCNC1. The van der Waals surface area contributed by atoms with Crippen LogP contribution in [0.3, 0.4) is 0 Å². The molecule has 3 nitrogen and oxygen atoms in total. The van der Waals surface area contributed by atoms with E-state index in [1.165, 1.54) is 19.2 Å². The van der Waals surface area contributed by atoms with Gasteiger partial charge in [-0.15, -0.1) is 0 Å². The second-order valence-electron chi connectivity index (χ2n) is 4.61. The van der Waals surface area contributed by atoms with Crippen molar-refractivity contribution in [1.82, 2.24) is 5.32 Å². The van der Waals surface area contributed by atoms with Gasteiger partial charge in [0.25, 0.3) is 0 Å². The van der Waals surface area contributed by atoms with E-state index in [1.807, 2.05) is 0 Å². The Labute approximate surface area is 107 Å². The molecule has 0 aromatic heterocycles. The van der Waals surface area contributed by atoms with Crippen molar-refractivity contribution in [3.8, 4) is 11.5 Å². The van der Waals surface area contributed by atoms with E-state index in [2.05, 4.69) is 12.2 Å². The van der Waals surface area contributed by atoms with Crippen LogP contribution < -0.4 is 14.8 Å². The van der Waals surface area contributed by atoms with E-state index < -0.39 is 0 Å². The Morgan fingerprint density at radius 3 is 2.89 bits per heavy atom. The third-order valence-electron chi connectivity index (χ3n) is 3.43. The van der Waals surface area contributed by atoms with Gasteiger partial charge in [-0.05, 0) is 31.5 Å². The molecule has 0 unspecified atom stereocenters. The lowest BCUT2D eigenvalue weighted by Crippen LogP contribution is -2.28. The van der Waals surface area contributed by atoms with Crippen molar-refractivity contribution in [3.63, 3.8) is 0 Å². The highest BCUT2D eigenvalue weighted by molar-refractivity contribution is 5.40. The molecular weight excluding hydrogens is 233 g/mol. The topological polar surface area (TPSA) is 30.5 Å². The summed E-state index contributed by atoms with van der Waals surface area (Å²) in [5.41, 5.74) is 0. The molecule has 0 aliphatic carbocycles. The molecule has 4 heteroatoms. The molecule has 2 atom stereocenters. The zero-order chi connectivity index (χ0) is 13.0. The van der Waals surface area contributed by atoms with Crippen molar-refractivity contribution in [3.05, 3.63) is 24.0 Å². The van der Waals surface area contributed by atoms with Gasteiger partial charge in [0.15, 0.2) is 11.5 Å². The zero-order valence-electron chi connectivity index (χ0n) is 10.9. The van der Waals surface area contributed by atoms with Crippen LogP contribution in [0.5, 0.6) is 11.5 Å². The quantitative estimate of drug-likeness (QED) is 0.875. The van der Waals surface area contributed by atoms with E-state index in [-0.39, 0.29) is 11.9 Å². The minimum Gasteiger partial charge on any atom is -0.493 e. The number of hydrogen-bond acceptors (Lipinski definition) is 3. The van der Waals surface area contributed by atoms with E-state index in [9.17, 15) is 4.39 Å². The Balaban J connectivity index is 2.10. The van der Waals surface area contributed by atoms with Crippen LogP contribution in [0.15, 0.2) is 18.2 Å². The van der Waals surface area contributed by atoms with Crippen molar-refractivity contribution in [2.24, 2.45) is 5.92 Å². The normalized spacial score (nSPS) is 20.7. The van der Waals surface area contributed by atoms with Crippen molar-refractivity contribution >= 4 is 0 Å². The molecule has 0 amide bonds. The van der Waals surface area contributed by atoms with Crippen molar-refractivity contribution < 1.29 is 13.9 Å². The Morgan fingerprint density at radius 1 is 1.44 bits per heavy atom. The second-order valence-corrected chi connectivity index (χ2v) is 4.61. The summed E-state index contributed by atoms with van der Waals surface area (Å²) in [4.78, 5) is 0. The molecule has 1 N–H and O–H groups in total. The van der Waals surface area contributed by atoms with Gasteiger partial charge in [0, 0.05) is 18.5 Å². The smallest absolute Gasteiger partial charge is 0.163 e. The molecule has 0 bridgehead atoms. The maximum atomic E-state index is 13.1. The average Bonchev–Trinajstić information content (AvgIpc) is 2.91. The van der Waals surface area contributed by atoms with Crippen LogP contribution in [-0.4, -0.2) is 26.3 Å². The highest BCUT2D eigenvalue weighted by Crippen LogP contribution is 2.31. The lowest BCUT2D eigenvalue weighted by Gasteiger charge is -2.24. The van der Waals surface area contributed by atoms with E-state index in [4.69, 9.17) is 9.47 Å². The minimum absolute atomic E-state index is 0.152. The van der Waals surface area contributed by atoms with Crippen LogP contribution in [-0.2, 0) is 0 Å². The molecule has 0 saturated carbocycles. The van der Waals surface area contributed by atoms with E-state index >= 15 is 0 Å². The lowest BCUT2D eigenvalue weighted by molar-refractivity contribution is 0.133. The maximum absolute atomic E-state index is 13.1. The summed E-state index contributed by atoms with van der Waals surface area (Å²) in [6, 6.07) is 4.39. The van der Waals surface area contributed by atoms with E-state index in [1.54, 1.807) is 6.07 Å². The Kier molecular flexibility index (Phi) is 4.42. The number of halogens is 1. The molecular formula is C14H20FNO2. The van der Waals surface area contributed by atoms with Crippen LogP contribution in [0.25, 0.3) is 0 Å². The van der Waals surface area contributed by atoms with Gasteiger partial charge in [-0.25, -0.2) is 4.39 Å². The summed E-state index contributed by atoms with van der Waals surface area (Å²) >= 11 is 0. The van der Waals surface area contributed by atoms with Crippen molar-refractivity contribution in [2.45, 2.75) is 25.9 Å². The number of ether oxygens (including phenoxy) is 2. The highest BCUT2D eigenvalue weighted by Gasteiger charge is 2.25. The standard InChI is InChI=1S/C14H20FNO2/c1-3-12(10-6-7-16-9-10)18-13-5-4-11(15)8-14(13)17-2/h4-5,8,10,12,16H,3,6-7,9H2,1-2H3/t10-,12-/m0/s1. The molecule has 18 heavy (non-hydrogen) atoms. The van der Waals surface area contributed by atoms with Crippen molar-refractivity contribution in [1.29, 1.82) is 0 Å². The zero-order valence-corrected chi connectivity index (χ0v) is 10.9. The van der Waals surface area contributed by atoms with Gasteiger partial charge in [0.05, 0.1) is 7.11 Å². The van der Waals surface area contributed by atoms with Gasteiger partial charge >= 0.3 is 0 Å². The summed E-state index contributed by atoms with van der Waals surface area (Å²) in [6.07, 6.45) is 2.22. The molecule has 2 rings (SSSR count). The molecule has 1 aromatic rings. The fraction of sp³-hybridized carbons (Fsp3) is 0.571. The van der Waals surface area contributed by atoms with Crippen LogP contribution >= 0.6 is 0 Å². The highest BCUT2D eigenvalue weighted by atomic mass is 19.1. The molecule has 1 aliphatic heterocycles. The molecule has 1 aliphatic rings. The summed E-state index contributed by atoms with van der Waals surface area (Å²) in [5.74, 6) is 1.29. The minimum atomic E-state index is -0.310. The predicted molar refractivity (Wildman–Crippen MR) is 68.6 cm³/mol. The largest absolute Gasteiger partial charge is 0.493 e. The second kappa shape index (κ2) is 6.05. The molecule has 1 fully saturated rings. The lowest BCUT2D eigenvalue weighted by atomic mass is 9.99. The van der Waals surface area contributed by atoms with E-state index in [0.717, 1.165) is 25.9 Å². The van der Waals surface area contributed by atoms with Gasteiger partial charge in [-0.1, -0.05) is 6.92 Å². The fourth-order valence-electron chi connectivity index (χ4n) is 2.41. The monoisotopic (exact) mass is 253 g/mol. The van der Waals surface area contributed by atoms with Crippen LogP contribution in [0.2, 0.25) is 0 Å². The number of rotatable bonds is 5. The third-order valence-corrected chi connectivity index (χ3v) is 3.43. The first-order chi connectivity index (χ1) is 8.74. The number of hydrogen-bond donors (Lipinski definition) is 1. The number of nitrogens with one attached hydrogen (secondary N) is 1. The molecule has 0 radical (unpaired) electrons. The van der Waals surface area contributed by atoms with Gasteiger partial charge in [-0.2, -0.15) is 0 Å². The van der Waals surface area contributed by atoms with Crippen molar-refractivity contribution in [2.75, 3.05) is 20.2 Å². The molecule has 1 saturated heterocycles. The average molecular weight is 253 g/mol. The number of benzene rings is 1. The Morgan fingerprint density at radius 2 is 2.28 bits per heavy atom. The first kappa shape index (κ1) is 13.1. The van der Waals surface area contributed by atoms with Crippen LogP contribution in [0, 0.1) is 11.7 Å². The Bertz CT molecular complexity index is 391. The first-order valence-electron chi connectivity index (χ1n) is 6.45.